The van der Waals surface area contributed by atoms with E-state index >= 15 is 0 Å². The number of allylic oxidation sites excluding steroid dienone is 1. The number of hydrogen-bond acceptors (Lipinski definition) is 2. The van der Waals surface area contributed by atoms with Crippen molar-refractivity contribution < 1.29 is 4.79 Å². The van der Waals surface area contributed by atoms with Gasteiger partial charge in [0.25, 0.3) is 5.91 Å². The smallest absolute Gasteiger partial charge is 0.255 e. The van der Waals surface area contributed by atoms with Crippen molar-refractivity contribution in [1.82, 2.24) is 14.9 Å². The van der Waals surface area contributed by atoms with Gasteiger partial charge < -0.3 is 5.32 Å². The summed E-state index contributed by atoms with van der Waals surface area (Å²) in [6.07, 6.45) is 6.98. The third-order valence-electron chi connectivity index (χ3n) is 2.31. The summed E-state index contributed by atoms with van der Waals surface area (Å²) in [7, 11) is 0. The second-order valence-corrected chi connectivity index (χ2v) is 3.73. The Morgan fingerprint density at radius 2 is 2.35 bits per heavy atom. The Hall–Kier alpha value is -1.81. The van der Waals surface area contributed by atoms with E-state index in [2.05, 4.69) is 10.4 Å². The molecule has 4 nitrogen and oxygen atoms in total. The molecule has 2 aromatic rings. The number of halogens is 1. The fourth-order valence-corrected chi connectivity index (χ4v) is 1.63. The lowest BCUT2D eigenvalue weighted by Gasteiger charge is -2.00. The fraction of sp³-hybridized carbons (Fsp3) is 0.167. The van der Waals surface area contributed by atoms with Gasteiger partial charge in [-0.1, -0.05) is 18.2 Å². The van der Waals surface area contributed by atoms with Gasteiger partial charge in [0.15, 0.2) is 0 Å². The first-order chi connectivity index (χ1) is 8.33. The number of pyridine rings is 1. The van der Waals surface area contributed by atoms with Crippen LogP contribution in [0.2, 0.25) is 0 Å². The van der Waals surface area contributed by atoms with Gasteiger partial charge in [-0.05, 0) is 12.1 Å². The number of fused-ring (bicyclic) bond motifs is 1. The van der Waals surface area contributed by atoms with Gasteiger partial charge in [-0.2, -0.15) is 5.10 Å². The number of nitrogens with one attached hydrogen (secondary N) is 1. The second-order valence-electron chi connectivity index (χ2n) is 3.42. The summed E-state index contributed by atoms with van der Waals surface area (Å²) in [5.74, 6) is 0.317. The summed E-state index contributed by atoms with van der Waals surface area (Å²) in [6.45, 7) is 0.468. The van der Waals surface area contributed by atoms with Crippen LogP contribution in [0.25, 0.3) is 5.52 Å². The molecule has 2 aromatic heterocycles. The maximum Gasteiger partial charge on any atom is 0.255 e. The van der Waals surface area contributed by atoms with Gasteiger partial charge in [0.2, 0.25) is 0 Å². The molecule has 2 rings (SSSR count). The molecule has 0 unspecified atom stereocenters. The van der Waals surface area contributed by atoms with E-state index in [1.54, 1.807) is 23.0 Å². The molecule has 0 aliphatic rings. The van der Waals surface area contributed by atoms with Crippen LogP contribution in [-0.2, 0) is 0 Å². The van der Waals surface area contributed by atoms with Crippen molar-refractivity contribution in [3.63, 3.8) is 0 Å². The van der Waals surface area contributed by atoms with E-state index in [1.165, 1.54) is 0 Å². The third kappa shape index (κ3) is 2.65. The number of amides is 1. The van der Waals surface area contributed by atoms with E-state index in [0.29, 0.717) is 18.0 Å². The summed E-state index contributed by atoms with van der Waals surface area (Å²) in [6, 6.07) is 5.60. The van der Waals surface area contributed by atoms with Gasteiger partial charge in [0.05, 0.1) is 17.3 Å². The lowest BCUT2D eigenvalue weighted by Crippen LogP contribution is -2.23. The zero-order valence-electron chi connectivity index (χ0n) is 9.14. The summed E-state index contributed by atoms with van der Waals surface area (Å²) in [5.41, 5.74) is 1.37. The molecule has 0 fully saturated rings. The standard InChI is InChI=1S/C12H12ClN3O/c13-6-2-3-7-14-12(17)10-9-15-16-8-4-1-5-11(10)16/h1-5,8-9H,6-7H2,(H,14,17)/b3-2+. The van der Waals surface area contributed by atoms with Crippen molar-refractivity contribution in [2.75, 3.05) is 12.4 Å². The van der Waals surface area contributed by atoms with E-state index in [4.69, 9.17) is 11.6 Å². The van der Waals surface area contributed by atoms with Gasteiger partial charge in [-0.25, -0.2) is 4.52 Å². The largest absolute Gasteiger partial charge is 0.348 e. The minimum Gasteiger partial charge on any atom is -0.348 e. The van der Waals surface area contributed by atoms with E-state index in [1.807, 2.05) is 24.3 Å². The van der Waals surface area contributed by atoms with Gasteiger partial charge >= 0.3 is 0 Å². The number of aromatic nitrogens is 2. The molecule has 5 heteroatoms. The zero-order valence-corrected chi connectivity index (χ0v) is 9.89. The van der Waals surface area contributed by atoms with Crippen LogP contribution in [-0.4, -0.2) is 27.9 Å². The molecule has 17 heavy (non-hydrogen) atoms. The van der Waals surface area contributed by atoms with Crippen LogP contribution < -0.4 is 5.32 Å². The molecule has 88 valence electrons. The highest BCUT2D eigenvalue weighted by Gasteiger charge is 2.10. The van der Waals surface area contributed by atoms with Crippen molar-refractivity contribution in [3.05, 3.63) is 48.3 Å². The highest BCUT2D eigenvalue weighted by Crippen LogP contribution is 2.09. The molecule has 0 radical (unpaired) electrons. The number of nitrogens with zero attached hydrogens (tertiary/aromatic N) is 2. The number of carbonyl (C=O) groups excluding carboxylic acids is 1. The van der Waals surface area contributed by atoms with Crippen molar-refractivity contribution in [1.29, 1.82) is 0 Å². The minimum atomic E-state index is -0.134. The van der Waals surface area contributed by atoms with Crippen molar-refractivity contribution in [2.24, 2.45) is 0 Å². The van der Waals surface area contributed by atoms with Crippen molar-refractivity contribution in [2.45, 2.75) is 0 Å². The number of alkyl halides is 1. The molecule has 0 atom stereocenters. The summed E-state index contributed by atoms with van der Waals surface area (Å²) < 4.78 is 1.67. The fourth-order valence-electron chi connectivity index (χ4n) is 1.50. The Kier molecular flexibility index (Phi) is 3.77. The lowest BCUT2D eigenvalue weighted by atomic mass is 10.2. The SMILES string of the molecule is O=C(NC/C=C/CCl)c1cnn2ccccc12. The lowest BCUT2D eigenvalue weighted by molar-refractivity contribution is 0.0959. The average Bonchev–Trinajstić information content (AvgIpc) is 2.78. The molecule has 0 bridgehead atoms. The number of carbonyl (C=O) groups is 1. The first-order valence-corrected chi connectivity index (χ1v) is 5.78. The highest BCUT2D eigenvalue weighted by molar-refractivity contribution is 6.18. The van der Waals surface area contributed by atoms with Gasteiger partial charge in [0.1, 0.15) is 0 Å². The van der Waals surface area contributed by atoms with Crippen LogP contribution in [0.5, 0.6) is 0 Å². The van der Waals surface area contributed by atoms with Crippen LogP contribution in [0.15, 0.2) is 42.7 Å². The third-order valence-corrected chi connectivity index (χ3v) is 2.49. The predicted octanol–water partition coefficient (Wildman–Crippen LogP) is 1.86. The Bertz CT molecular complexity index is 547. The molecular formula is C12H12ClN3O. The summed E-state index contributed by atoms with van der Waals surface area (Å²) >= 11 is 5.48. The quantitative estimate of drug-likeness (QED) is 0.664. The van der Waals surface area contributed by atoms with Crippen LogP contribution in [0, 0.1) is 0 Å². The van der Waals surface area contributed by atoms with Crippen LogP contribution in [0.1, 0.15) is 10.4 Å². The van der Waals surface area contributed by atoms with E-state index < -0.39 is 0 Å². The molecule has 0 aromatic carbocycles. The Morgan fingerprint density at radius 1 is 1.47 bits per heavy atom. The number of rotatable bonds is 4. The van der Waals surface area contributed by atoms with E-state index in [9.17, 15) is 4.79 Å². The normalized spacial score (nSPS) is 11.1. The Balaban J connectivity index is 2.11. The molecule has 1 amide bonds. The second kappa shape index (κ2) is 5.50. The van der Waals surface area contributed by atoms with Gasteiger partial charge in [0, 0.05) is 18.6 Å². The maximum absolute atomic E-state index is 11.9. The average molecular weight is 250 g/mol. The van der Waals surface area contributed by atoms with E-state index in [-0.39, 0.29) is 5.91 Å². The van der Waals surface area contributed by atoms with Crippen LogP contribution in [0.3, 0.4) is 0 Å². The maximum atomic E-state index is 11.9. The first-order valence-electron chi connectivity index (χ1n) is 5.24. The van der Waals surface area contributed by atoms with Crippen molar-refractivity contribution >= 4 is 23.0 Å². The first kappa shape index (κ1) is 11.7. The van der Waals surface area contributed by atoms with Crippen molar-refractivity contribution in [3.8, 4) is 0 Å². The van der Waals surface area contributed by atoms with Gasteiger partial charge in [-0.15, -0.1) is 11.6 Å². The predicted molar refractivity (Wildman–Crippen MR) is 67.4 cm³/mol. The molecular weight excluding hydrogens is 238 g/mol. The molecule has 0 saturated heterocycles. The van der Waals surface area contributed by atoms with Crippen LogP contribution >= 0.6 is 11.6 Å². The highest BCUT2D eigenvalue weighted by atomic mass is 35.5. The topological polar surface area (TPSA) is 46.4 Å². The zero-order chi connectivity index (χ0) is 12.1. The van der Waals surface area contributed by atoms with Gasteiger partial charge in [-0.3, -0.25) is 4.79 Å². The summed E-state index contributed by atoms with van der Waals surface area (Å²) in [4.78, 5) is 11.9. The molecule has 0 aliphatic carbocycles. The molecule has 0 spiro atoms. The van der Waals surface area contributed by atoms with Crippen LogP contribution in [0.4, 0.5) is 0 Å². The monoisotopic (exact) mass is 249 g/mol. The number of hydrogen-bond donors (Lipinski definition) is 1. The summed E-state index contributed by atoms with van der Waals surface area (Å²) in [5, 5.41) is 6.88. The van der Waals surface area contributed by atoms with E-state index in [0.717, 1.165) is 5.52 Å². The molecule has 1 N–H and O–H groups in total. The Labute approximate surface area is 104 Å². The molecule has 2 heterocycles. The minimum absolute atomic E-state index is 0.134. The molecule has 0 aliphatic heterocycles. The Morgan fingerprint density at radius 3 is 3.18 bits per heavy atom. The molecule has 0 saturated carbocycles.